The van der Waals surface area contributed by atoms with Crippen LogP contribution in [0.5, 0.6) is 11.5 Å². The van der Waals surface area contributed by atoms with E-state index < -0.39 is 0 Å². The van der Waals surface area contributed by atoms with Crippen LogP contribution in [0, 0.1) is 0 Å². The lowest BCUT2D eigenvalue weighted by molar-refractivity contribution is 0.354. The molecule has 0 saturated carbocycles. The van der Waals surface area contributed by atoms with Gasteiger partial charge in [-0.2, -0.15) is 0 Å². The number of piperidine rings is 1. The third-order valence-electron chi connectivity index (χ3n) is 3.08. The number of methoxy groups -OCH3 is 2. The lowest BCUT2D eigenvalue weighted by Crippen LogP contribution is -2.29. The Bertz CT molecular complexity index is 346. The van der Waals surface area contributed by atoms with Gasteiger partial charge >= 0.3 is 0 Å². The summed E-state index contributed by atoms with van der Waals surface area (Å²) in [7, 11) is 3.38. The van der Waals surface area contributed by atoms with Crippen LogP contribution in [0.1, 0.15) is 19.3 Å². The van der Waals surface area contributed by atoms with E-state index >= 15 is 0 Å². The highest BCUT2D eigenvalue weighted by atomic mass is 16.5. The van der Waals surface area contributed by atoms with Gasteiger partial charge in [0.25, 0.3) is 0 Å². The molecule has 1 fully saturated rings. The summed E-state index contributed by atoms with van der Waals surface area (Å²) < 4.78 is 10.8. The van der Waals surface area contributed by atoms with Gasteiger partial charge in [0.05, 0.1) is 19.9 Å². The maximum atomic E-state index is 5.45. The molecule has 1 aliphatic rings. The van der Waals surface area contributed by atoms with E-state index in [1.54, 1.807) is 14.2 Å². The predicted molar refractivity (Wildman–Crippen MR) is 65.6 cm³/mol. The molecule has 1 aromatic carbocycles. The van der Waals surface area contributed by atoms with Crippen molar-refractivity contribution in [1.29, 1.82) is 0 Å². The van der Waals surface area contributed by atoms with Gasteiger partial charge in [-0.25, -0.2) is 0 Å². The lowest BCUT2D eigenvalue weighted by atomic mass is 10.1. The van der Waals surface area contributed by atoms with Gasteiger partial charge in [-0.15, -0.1) is 0 Å². The van der Waals surface area contributed by atoms with Gasteiger partial charge in [0, 0.05) is 13.1 Å². The summed E-state index contributed by atoms with van der Waals surface area (Å²) in [6, 6.07) is 6.06. The van der Waals surface area contributed by atoms with Crippen molar-refractivity contribution in [1.82, 2.24) is 0 Å². The number of para-hydroxylation sites is 1. The van der Waals surface area contributed by atoms with Crippen LogP contribution in [0.2, 0.25) is 0 Å². The fraction of sp³-hybridized carbons (Fsp3) is 0.538. The molecule has 2 rings (SSSR count). The first-order valence-corrected chi connectivity index (χ1v) is 5.82. The molecule has 1 heterocycles. The molecule has 0 aromatic heterocycles. The molecule has 88 valence electrons. The second-order valence-electron chi connectivity index (χ2n) is 4.06. The molecule has 1 aromatic rings. The number of hydrogen-bond acceptors (Lipinski definition) is 3. The number of ether oxygens (including phenoxy) is 2. The fourth-order valence-electron chi connectivity index (χ4n) is 2.25. The maximum absolute atomic E-state index is 5.45. The smallest absolute Gasteiger partial charge is 0.184 e. The SMILES string of the molecule is COc1cccc(N2CCCCC2)c1OC. The zero-order valence-corrected chi connectivity index (χ0v) is 10.0. The zero-order chi connectivity index (χ0) is 11.4. The van der Waals surface area contributed by atoms with Gasteiger partial charge in [0.2, 0.25) is 0 Å². The first kappa shape index (κ1) is 11.1. The Morgan fingerprint density at radius 3 is 2.38 bits per heavy atom. The highest BCUT2D eigenvalue weighted by molar-refractivity contribution is 5.64. The molecule has 0 radical (unpaired) electrons. The largest absolute Gasteiger partial charge is 0.493 e. The van der Waals surface area contributed by atoms with Crippen molar-refractivity contribution < 1.29 is 9.47 Å². The van der Waals surface area contributed by atoms with Gasteiger partial charge in [-0.05, 0) is 31.4 Å². The van der Waals surface area contributed by atoms with Crippen LogP contribution >= 0.6 is 0 Å². The van der Waals surface area contributed by atoms with E-state index in [9.17, 15) is 0 Å². The average Bonchev–Trinajstić information content (AvgIpc) is 2.38. The summed E-state index contributed by atoms with van der Waals surface area (Å²) in [5.74, 6) is 1.66. The summed E-state index contributed by atoms with van der Waals surface area (Å²) in [4.78, 5) is 2.38. The summed E-state index contributed by atoms with van der Waals surface area (Å²) in [5, 5.41) is 0. The van der Waals surface area contributed by atoms with Gasteiger partial charge < -0.3 is 14.4 Å². The van der Waals surface area contributed by atoms with Crippen LogP contribution in [-0.2, 0) is 0 Å². The van der Waals surface area contributed by atoms with E-state index in [2.05, 4.69) is 11.0 Å². The lowest BCUT2D eigenvalue weighted by Gasteiger charge is -2.30. The Morgan fingerprint density at radius 1 is 1.00 bits per heavy atom. The summed E-state index contributed by atoms with van der Waals surface area (Å²) in [6.45, 7) is 2.23. The molecule has 0 aliphatic carbocycles. The third kappa shape index (κ3) is 2.08. The van der Waals surface area contributed by atoms with Gasteiger partial charge in [0.15, 0.2) is 11.5 Å². The zero-order valence-electron chi connectivity index (χ0n) is 10.0. The maximum Gasteiger partial charge on any atom is 0.184 e. The first-order chi connectivity index (χ1) is 7.86. The Kier molecular flexibility index (Phi) is 3.54. The van der Waals surface area contributed by atoms with Crippen molar-refractivity contribution in [2.45, 2.75) is 19.3 Å². The van der Waals surface area contributed by atoms with Crippen molar-refractivity contribution in [3.8, 4) is 11.5 Å². The monoisotopic (exact) mass is 221 g/mol. The van der Waals surface area contributed by atoms with E-state index in [1.165, 1.54) is 19.3 Å². The van der Waals surface area contributed by atoms with E-state index in [0.717, 1.165) is 30.3 Å². The molecule has 3 heteroatoms. The second-order valence-corrected chi connectivity index (χ2v) is 4.06. The molecule has 0 N–H and O–H groups in total. The molecular weight excluding hydrogens is 202 g/mol. The second kappa shape index (κ2) is 5.10. The molecule has 0 unspecified atom stereocenters. The van der Waals surface area contributed by atoms with Crippen LogP contribution in [0.4, 0.5) is 5.69 Å². The number of benzene rings is 1. The molecule has 0 atom stereocenters. The van der Waals surface area contributed by atoms with Crippen molar-refractivity contribution in [2.24, 2.45) is 0 Å². The van der Waals surface area contributed by atoms with Crippen molar-refractivity contribution in [3.05, 3.63) is 18.2 Å². The highest BCUT2D eigenvalue weighted by Crippen LogP contribution is 2.38. The highest BCUT2D eigenvalue weighted by Gasteiger charge is 2.17. The quantitative estimate of drug-likeness (QED) is 0.783. The number of rotatable bonds is 3. The molecular formula is C13H19NO2. The Morgan fingerprint density at radius 2 is 1.75 bits per heavy atom. The van der Waals surface area contributed by atoms with E-state index in [4.69, 9.17) is 9.47 Å². The Balaban J connectivity index is 2.30. The van der Waals surface area contributed by atoms with E-state index in [1.807, 2.05) is 12.1 Å². The predicted octanol–water partition coefficient (Wildman–Crippen LogP) is 2.69. The number of hydrogen-bond donors (Lipinski definition) is 0. The van der Waals surface area contributed by atoms with Gasteiger partial charge in [0.1, 0.15) is 0 Å². The van der Waals surface area contributed by atoms with Crippen molar-refractivity contribution in [3.63, 3.8) is 0 Å². The average molecular weight is 221 g/mol. The topological polar surface area (TPSA) is 21.7 Å². The molecule has 1 aliphatic heterocycles. The summed E-state index contributed by atoms with van der Waals surface area (Å²) in [6.07, 6.45) is 3.86. The minimum Gasteiger partial charge on any atom is -0.493 e. The summed E-state index contributed by atoms with van der Waals surface area (Å²) in [5.41, 5.74) is 1.15. The van der Waals surface area contributed by atoms with Crippen LogP contribution < -0.4 is 14.4 Å². The van der Waals surface area contributed by atoms with Crippen LogP contribution in [-0.4, -0.2) is 27.3 Å². The van der Waals surface area contributed by atoms with Gasteiger partial charge in [-0.1, -0.05) is 6.07 Å². The first-order valence-electron chi connectivity index (χ1n) is 5.82. The number of anilines is 1. The number of nitrogens with zero attached hydrogens (tertiary/aromatic N) is 1. The van der Waals surface area contributed by atoms with Crippen molar-refractivity contribution >= 4 is 5.69 Å². The van der Waals surface area contributed by atoms with Crippen LogP contribution in [0.3, 0.4) is 0 Å². The van der Waals surface area contributed by atoms with Crippen LogP contribution in [0.25, 0.3) is 0 Å². The molecule has 0 amide bonds. The van der Waals surface area contributed by atoms with Gasteiger partial charge in [-0.3, -0.25) is 0 Å². The molecule has 3 nitrogen and oxygen atoms in total. The third-order valence-corrected chi connectivity index (χ3v) is 3.08. The summed E-state index contributed by atoms with van der Waals surface area (Å²) >= 11 is 0. The Labute approximate surface area is 97.0 Å². The Hall–Kier alpha value is -1.38. The molecule has 0 bridgehead atoms. The standard InChI is InChI=1S/C13H19NO2/c1-15-12-8-6-7-11(13(12)16-2)14-9-4-3-5-10-14/h6-8H,3-5,9-10H2,1-2H3. The molecule has 0 spiro atoms. The van der Waals surface area contributed by atoms with E-state index in [-0.39, 0.29) is 0 Å². The van der Waals surface area contributed by atoms with Crippen LogP contribution in [0.15, 0.2) is 18.2 Å². The molecule has 16 heavy (non-hydrogen) atoms. The van der Waals surface area contributed by atoms with Crippen molar-refractivity contribution in [2.75, 3.05) is 32.2 Å². The van der Waals surface area contributed by atoms with E-state index in [0.29, 0.717) is 0 Å². The fourth-order valence-corrected chi connectivity index (χ4v) is 2.25. The minimum absolute atomic E-state index is 0.811. The normalized spacial score (nSPS) is 16.0. The minimum atomic E-state index is 0.811. The molecule has 1 saturated heterocycles.